The number of amides is 1. The summed E-state index contributed by atoms with van der Waals surface area (Å²) in [6.07, 6.45) is -0.928. The molecule has 1 aromatic heterocycles. The Morgan fingerprint density at radius 2 is 1.92 bits per heavy atom. The number of fused-ring (bicyclic) bond motifs is 1. The minimum absolute atomic E-state index is 0.139. The standard InChI is InChI=1S/C19H22N2O5/c1-19(2,3)26-18(24)21-11-13(10-15(21)17(22)23)25-16-9-8-12-6-4-5-7-14(12)20-16/h4-9,13,15H,10-11H2,1-3H3,(H,22,23)/t13?,15-/m0/s1. The lowest BCUT2D eigenvalue weighted by Crippen LogP contribution is -2.43. The van der Waals surface area contributed by atoms with E-state index >= 15 is 0 Å². The van der Waals surface area contributed by atoms with E-state index in [0.29, 0.717) is 5.88 Å². The molecule has 2 atom stereocenters. The van der Waals surface area contributed by atoms with Crippen LogP contribution in [0.1, 0.15) is 27.2 Å². The largest absolute Gasteiger partial charge is 0.480 e. The lowest BCUT2D eigenvalue weighted by molar-refractivity contribution is -0.142. The van der Waals surface area contributed by atoms with Gasteiger partial charge in [0.05, 0.1) is 12.1 Å². The molecule has 138 valence electrons. The van der Waals surface area contributed by atoms with Crippen LogP contribution in [-0.2, 0) is 9.53 Å². The van der Waals surface area contributed by atoms with E-state index < -0.39 is 29.8 Å². The van der Waals surface area contributed by atoms with Gasteiger partial charge in [0.2, 0.25) is 5.88 Å². The number of hydrogen-bond donors (Lipinski definition) is 1. The van der Waals surface area contributed by atoms with E-state index in [2.05, 4.69) is 4.98 Å². The third-order valence-corrected chi connectivity index (χ3v) is 4.04. The summed E-state index contributed by atoms with van der Waals surface area (Å²) in [5.41, 5.74) is 0.0979. The normalized spacial score (nSPS) is 20.2. The van der Waals surface area contributed by atoms with Crippen LogP contribution in [0.4, 0.5) is 4.79 Å². The number of hydrogen-bond acceptors (Lipinski definition) is 5. The van der Waals surface area contributed by atoms with Crippen LogP contribution in [0.25, 0.3) is 10.9 Å². The molecule has 1 amide bonds. The summed E-state index contributed by atoms with van der Waals surface area (Å²) in [5.74, 6) is -0.669. The third-order valence-electron chi connectivity index (χ3n) is 4.04. The predicted molar refractivity (Wildman–Crippen MR) is 95.1 cm³/mol. The minimum atomic E-state index is -1.08. The number of nitrogens with zero attached hydrogens (tertiary/aromatic N) is 2. The molecular weight excluding hydrogens is 336 g/mol. The van der Waals surface area contributed by atoms with Gasteiger partial charge in [0.25, 0.3) is 0 Å². The number of carbonyl (C=O) groups is 2. The van der Waals surface area contributed by atoms with E-state index in [1.807, 2.05) is 30.3 Å². The number of pyridine rings is 1. The number of para-hydroxylation sites is 1. The van der Waals surface area contributed by atoms with Crippen molar-refractivity contribution in [3.05, 3.63) is 36.4 Å². The van der Waals surface area contributed by atoms with Crippen LogP contribution in [0, 0.1) is 0 Å². The Labute approximate surface area is 151 Å². The van der Waals surface area contributed by atoms with E-state index in [4.69, 9.17) is 9.47 Å². The van der Waals surface area contributed by atoms with Crippen molar-refractivity contribution in [3.63, 3.8) is 0 Å². The maximum Gasteiger partial charge on any atom is 0.411 e. The molecule has 1 fully saturated rings. The Balaban J connectivity index is 1.74. The van der Waals surface area contributed by atoms with Crippen LogP contribution in [-0.4, -0.2) is 51.3 Å². The second kappa shape index (κ2) is 6.82. The van der Waals surface area contributed by atoms with Gasteiger partial charge in [-0.2, -0.15) is 0 Å². The van der Waals surface area contributed by atoms with Gasteiger partial charge in [0, 0.05) is 17.9 Å². The first-order valence-electron chi connectivity index (χ1n) is 8.48. The van der Waals surface area contributed by atoms with Crippen LogP contribution in [0.2, 0.25) is 0 Å². The first-order valence-corrected chi connectivity index (χ1v) is 8.48. The Hall–Kier alpha value is -2.83. The Morgan fingerprint density at radius 3 is 2.62 bits per heavy atom. The molecule has 1 saturated heterocycles. The summed E-state index contributed by atoms with van der Waals surface area (Å²) in [5, 5.41) is 10.4. The Bertz CT molecular complexity index is 830. The number of carboxylic acids is 1. The van der Waals surface area contributed by atoms with Crippen molar-refractivity contribution in [2.75, 3.05) is 6.54 Å². The maximum atomic E-state index is 12.3. The van der Waals surface area contributed by atoms with Crippen molar-refractivity contribution >= 4 is 23.0 Å². The topological polar surface area (TPSA) is 89.0 Å². The average molecular weight is 358 g/mol. The van der Waals surface area contributed by atoms with Crippen molar-refractivity contribution in [3.8, 4) is 5.88 Å². The lowest BCUT2D eigenvalue weighted by atomic mass is 10.2. The van der Waals surface area contributed by atoms with Crippen LogP contribution in [0.3, 0.4) is 0 Å². The molecule has 1 aromatic carbocycles. The molecule has 1 aliphatic rings. The van der Waals surface area contributed by atoms with E-state index in [-0.39, 0.29) is 13.0 Å². The zero-order valence-electron chi connectivity index (χ0n) is 15.0. The first-order chi connectivity index (χ1) is 12.2. The molecule has 0 aliphatic carbocycles. The van der Waals surface area contributed by atoms with Gasteiger partial charge in [-0.25, -0.2) is 14.6 Å². The van der Waals surface area contributed by atoms with Gasteiger partial charge in [-0.05, 0) is 32.9 Å². The molecule has 7 nitrogen and oxygen atoms in total. The number of rotatable bonds is 3. The van der Waals surface area contributed by atoms with Crippen LogP contribution >= 0.6 is 0 Å². The molecule has 26 heavy (non-hydrogen) atoms. The lowest BCUT2D eigenvalue weighted by Gasteiger charge is -2.26. The molecule has 1 N–H and O–H groups in total. The van der Waals surface area contributed by atoms with Crippen molar-refractivity contribution in [2.24, 2.45) is 0 Å². The molecule has 0 spiro atoms. The molecule has 1 aliphatic heterocycles. The van der Waals surface area contributed by atoms with Crippen molar-refractivity contribution in [1.82, 2.24) is 9.88 Å². The van der Waals surface area contributed by atoms with Gasteiger partial charge in [-0.1, -0.05) is 18.2 Å². The minimum Gasteiger partial charge on any atom is -0.480 e. The molecule has 7 heteroatoms. The second-order valence-corrected chi connectivity index (χ2v) is 7.30. The van der Waals surface area contributed by atoms with Crippen molar-refractivity contribution in [2.45, 2.75) is 44.9 Å². The van der Waals surface area contributed by atoms with Gasteiger partial charge in [-0.3, -0.25) is 4.90 Å². The number of aromatic nitrogens is 1. The molecular formula is C19H22N2O5. The smallest absolute Gasteiger partial charge is 0.411 e. The van der Waals surface area contributed by atoms with Gasteiger partial charge < -0.3 is 14.6 Å². The summed E-state index contributed by atoms with van der Waals surface area (Å²) < 4.78 is 11.2. The molecule has 0 radical (unpaired) electrons. The van der Waals surface area contributed by atoms with Crippen LogP contribution < -0.4 is 4.74 Å². The molecule has 0 bridgehead atoms. The fourth-order valence-electron chi connectivity index (χ4n) is 2.92. The van der Waals surface area contributed by atoms with Crippen LogP contribution in [0.5, 0.6) is 5.88 Å². The second-order valence-electron chi connectivity index (χ2n) is 7.30. The summed E-state index contributed by atoms with van der Waals surface area (Å²) in [7, 11) is 0. The van der Waals surface area contributed by atoms with E-state index in [0.717, 1.165) is 10.9 Å². The number of carbonyl (C=O) groups excluding carboxylic acids is 1. The molecule has 1 unspecified atom stereocenters. The van der Waals surface area contributed by atoms with Gasteiger partial charge >= 0.3 is 12.1 Å². The highest BCUT2D eigenvalue weighted by Gasteiger charge is 2.42. The fourth-order valence-corrected chi connectivity index (χ4v) is 2.92. The molecule has 2 heterocycles. The number of carboxylic acid groups (broad SMARTS) is 1. The molecule has 3 rings (SSSR count). The van der Waals surface area contributed by atoms with Crippen molar-refractivity contribution < 1.29 is 24.2 Å². The molecule has 0 saturated carbocycles. The Kier molecular flexibility index (Phi) is 4.71. The summed E-state index contributed by atoms with van der Waals surface area (Å²) in [6.45, 7) is 5.36. The van der Waals surface area contributed by atoms with Gasteiger partial charge in [-0.15, -0.1) is 0 Å². The van der Waals surface area contributed by atoms with Gasteiger partial charge in [0.1, 0.15) is 17.7 Å². The predicted octanol–water partition coefficient (Wildman–Crippen LogP) is 3.08. The SMILES string of the molecule is CC(C)(C)OC(=O)N1CC(Oc2ccc3ccccc3n2)C[C@H]1C(=O)O. The molecule has 2 aromatic rings. The number of likely N-dealkylation sites (tertiary alicyclic amines) is 1. The number of benzene rings is 1. The highest BCUT2D eigenvalue weighted by molar-refractivity contribution is 5.81. The van der Waals surface area contributed by atoms with Gasteiger partial charge in [0.15, 0.2) is 0 Å². The number of aliphatic carboxylic acids is 1. The third kappa shape index (κ3) is 4.04. The first kappa shape index (κ1) is 18.0. The van der Waals surface area contributed by atoms with Crippen molar-refractivity contribution in [1.29, 1.82) is 0 Å². The summed E-state index contributed by atoms with van der Waals surface area (Å²) >= 11 is 0. The zero-order chi connectivity index (χ0) is 18.9. The summed E-state index contributed by atoms with van der Waals surface area (Å²) in [6, 6.07) is 10.3. The zero-order valence-corrected chi connectivity index (χ0v) is 15.0. The van der Waals surface area contributed by atoms with E-state index in [1.165, 1.54) is 4.90 Å². The fraction of sp³-hybridized carbons (Fsp3) is 0.421. The number of ether oxygens (including phenoxy) is 2. The van der Waals surface area contributed by atoms with E-state index in [9.17, 15) is 14.7 Å². The highest BCUT2D eigenvalue weighted by Crippen LogP contribution is 2.25. The van der Waals surface area contributed by atoms with Crippen LogP contribution in [0.15, 0.2) is 36.4 Å². The summed E-state index contributed by atoms with van der Waals surface area (Å²) in [4.78, 5) is 29.5. The quantitative estimate of drug-likeness (QED) is 0.907. The Morgan fingerprint density at radius 1 is 1.19 bits per heavy atom. The maximum absolute atomic E-state index is 12.3. The van der Waals surface area contributed by atoms with E-state index in [1.54, 1.807) is 26.8 Å². The average Bonchev–Trinajstić information content (AvgIpc) is 2.97. The monoisotopic (exact) mass is 358 g/mol. The highest BCUT2D eigenvalue weighted by atomic mass is 16.6.